The van der Waals surface area contributed by atoms with E-state index in [1.165, 1.54) is 50.9 Å². The van der Waals surface area contributed by atoms with E-state index in [1.807, 2.05) is 7.05 Å². The van der Waals surface area contributed by atoms with Crippen molar-refractivity contribution in [3.63, 3.8) is 0 Å². The first-order valence-corrected chi connectivity index (χ1v) is 10.5. The molecule has 0 amide bonds. The molecule has 158 valence electrons. The molecule has 1 unspecified atom stereocenters. The summed E-state index contributed by atoms with van der Waals surface area (Å²) in [5.41, 5.74) is 1.40. The zero-order valence-electron chi connectivity index (χ0n) is 17.7. The van der Waals surface area contributed by atoms with Crippen molar-refractivity contribution in [2.24, 2.45) is 10.9 Å². The number of likely N-dealkylation sites (tertiary alicyclic amines) is 2. The van der Waals surface area contributed by atoms with Gasteiger partial charge in [0.05, 0.1) is 7.11 Å². The highest BCUT2D eigenvalue weighted by atomic mass is 127. The Morgan fingerprint density at radius 3 is 2.46 bits per heavy atom. The maximum absolute atomic E-state index is 5.28. The number of aliphatic imine (C=N–C) groups is 1. The van der Waals surface area contributed by atoms with Crippen LogP contribution in [0.2, 0.25) is 0 Å². The molecule has 0 aliphatic carbocycles. The lowest BCUT2D eigenvalue weighted by Crippen LogP contribution is -2.44. The average molecular weight is 500 g/mol. The smallest absolute Gasteiger partial charge is 0.193 e. The number of ether oxygens (including phenoxy) is 1. The molecule has 1 atom stereocenters. The lowest BCUT2D eigenvalue weighted by atomic mass is 9.97. The normalized spacial score (nSPS) is 21.5. The lowest BCUT2D eigenvalue weighted by Gasteiger charge is -2.32. The predicted octanol–water partition coefficient (Wildman–Crippen LogP) is 3.80. The zero-order chi connectivity index (χ0) is 19.1. The van der Waals surface area contributed by atoms with E-state index in [0.29, 0.717) is 5.92 Å². The van der Waals surface area contributed by atoms with Crippen molar-refractivity contribution >= 4 is 29.9 Å². The van der Waals surface area contributed by atoms with E-state index in [0.717, 1.165) is 37.3 Å². The van der Waals surface area contributed by atoms with Crippen molar-refractivity contribution in [1.82, 2.24) is 15.1 Å². The summed E-state index contributed by atoms with van der Waals surface area (Å²) in [6.07, 6.45) is 5.05. The van der Waals surface area contributed by atoms with E-state index >= 15 is 0 Å². The minimum Gasteiger partial charge on any atom is -0.497 e. The molecule has 0 bridgehead atoms. The number of piperidine rings is 1. The Hall–Kier alpha value is -1.02. The monoisotopic (exact) mass is 500 g/mol. The second-order valence-electron chi connectivity index (χ2n) is 7.92. The highest BCUT2D eigenvalue weighted by Gasteiger charge is 2.27. The van der Waals surface area contributed by atoms with Crippen LogP contribution in [0, 0.1) is 5.92 Å². The van der Waals surface area contributed by atoms with Crippen molar-refractivity contribution in [3.05, 3.63) is 29.8 Å². The Bertz CT molecular complexity index is 599. The fourth-order valence-corrected chi connectivity index (χ4v) is 4.40. The minimum absolute atomic E-state index is 0. The number of rotatable bonds is 6. The van der Waals surface area contributed by atoms with E-state index in [9.17, 15) is 0 Å². The quantitative estimate of drug-likeness (QED) is 0.367. The molecule has 5 nitrogen and oxygen atoms in total. The lowest BCUT2D eigenvalue weighted by molar-refractivity contribution is 0.185. The van der Waals surface area contributed by atoms with Gasteiger partial charge in [0, 0.05) is 32.6 Å². The summed E-state index contributed by atoms with van der Waals surface area (Å²) in [6, 6.07) is 8.53. The van der Waals surface area contributed by atoms with Gasteiger partial charge in [0.25, 0.3) is 0 Å². The molecule has 0 radical (unpaired) electrons. The topological polar surface area (TPSA) is 40.1 Å². The first-order valence-electron chi connectivity index (χ1n) is 10.5. The van der Waals surface area contributed by atoms with E-state index in [1.54, 1.807) is 7.11 Å². The van der Waals surface area contributed by atoms with Crippen molar-refractivity contribution in [1.29, 1.82) is 0 Å². The standard InChI is InChI=1S/C22H36N4O.HI/c1-4-12-25-13-9-18(10-14-25)16-24-22(23-2)26-15-11-20(17-26)19-5-7-21(27-3)8-6-19;/h5-8,18,20H,4,9-17H2,1-3H3,(H,23,24);1H. The van der Waals surface area contributed by atoms with Gasteiger partial charge in [-0.05, 0) is 68.9 Å². The molecule has 0 saturated carbocycles. The maximum Gasteiger partial charge on any atom is 0.193 e. The van der Waals surface area contributed by atoms with E-state index in [2.05, 4.69) is 51.3 Å². The van der Waals surface area contributed by atoms with Crippen molar-refractivity contribution in [2.75, 3.05) is 53.4 Å². The van der Waals surface area contributed by atoms with Gasteiger partial charge in [-0.2, -0.15) is 0 Å². The molecule has 6 heteroatoms. The second kappa shape index (κ2) is 11.9. The number of hydrogen-bond donors (Lipinski definition) is 1. The van der Waals surface area contributed by atoms with Gasteiger partial charge in [-0.3, -0.25) is 4.99 Å². The van der Waals surface area contributed by atoms with Crippen LogP contribution in [-0.4, -0.2) is 69.2 Å². The van der Waals surface area contributed by atoms with Crippen LogP contribution >= 0.6 is 24.0 Å². The van der Waals surface area contributed by atoms with Crippen LogP contribution in [0.25, 0.3) is 0 Å². The molecular formula is C22H37IN4O. The molecule has 3 rings (SSSR count). The largest absolute Gasteiger partial charge is 0.497 e. The summed E-state index contributed by atoms with van der Waals surface area (Å²) in [6.45, 7) is 9.20. The third-order valence-electron chi connectivity index (χ3n) is 6.08. The van der Waals surface area contributed by atoms with Crippen LogP contribution < -0.4 is 10.1 Å². The molecule has 0 spiro atoms. The molecule has 0 aromatic heterocycles. The molecule has 2 heterocycles. The van der Waals surface area contributed by atoms with Crippen LogP contribution in [-0.2, 0) is 0 Å². The molecule has 2 aliphatic heterocycles. The zero-order valence-corrected chi connectivity index (χ0v) is 20.0. The van der Waals surface area contributed by atoms with Gasteiger partial charge in [-0.1, -0.05) is 19.1 Å². The van der Waals surface area contributed by atoms with Gasteiger partial charge < -0.3 is 19.9 Å². The molecule has 1 N–H and O–H groups in total. The first-order chi connectivity index (χ1) is 13.2. The molecule has 28 heavy (non-hydrogen) atoms. The van der Waals surface area contributed by atoms with E-state index in [-0.39, 0.29) is 24.0 Å². The third kappa shape index (κ3) is 6.24. The van der Waals surface area contributed by atoms with Gasteiger partial charge in [-0.15, -0.1) is 24.0 Å². The first kappa shape index (κ1) is 23.3. The van der Waals surface area contributed by atoms with Crippen molar-refractivity contribution in [3.8, 4) is 5.75 Å². The van der Waals surface area contributed by atoms with Crippen LogP contribution in [0.4, 0.5) is 0 Å². The van der Waals surface area contributed by atoms with Gasteiger partial charge >= 0.3 is 0 Å². The van der Waals surface area contributed by atoms with Crippen LogP contribution in [0.3, 0.4) is 0 Å². The summed E-state index contributed by atoms with van der Waals surface area (Å²) in [5, 5.41) is 3.66. The SMILES string of the molecule is CCCN1CCC(CNC(=NC)N2CCC(c3ccc(OC)cc3)C2)CC1.I. The van der Waals surface area contributed by atoms with Gasteiger partial charge in [0.15, 0.2) is 5.96 Å². The summed E-state index contributed by atoms with van der Waals surface area (Å²) in [5.74, 6) is 3.35. The Balaban J connectivity index is 0.00000280. The predicted molar refractivity (Wildman–Crippen MR) is 128 cm³/mol. The molecule has 2 fully saturated rings. The maximum atomic E-state index is 5.28. The summed E-state index contributed by atoms with van der Waals surface area (Å²) >= 11 is 0. The molecule has 1 aromatic carbocycles. The second-order valence-corrected chi connectivity index (χ2v) is 7.92. The summed E-state index contributed by atoms with van der Waals surface area (Å²) in [4.78, 5) is 9.58. The number of halogens is 1. The Labute approximate surface area is 187 Å². The van der Waals surface area contributed by atoms with Crippen LogP contribution in [0.5, 0.6) is 5.75 Å². The fourth-order valence-electron chi connectivity index (χ4n) is 4.40. The number of nitrogens with zero attached hydrogens (tertiary/aromatic N) is 3. The van der Waals surface area contributed by atoms with Gasteiger partial charge in [-0.25, -0.2) is 0 Å². The van der Waals surface area contributed by atoms with E-state index in [4.69, 9.17) is 4.74 Å². The Kier molecular flexibility index (Phi) is 9.85. The molecule has 2 saturated heterocycles. The summed E-state index contributed by atoms with van der Waals surface area (Å²) < 4.78 is 5.28. The molecule has 1 aromatic rings. The number of nitrogens with one attached hydrogen (secondary N) is 1. The third-order valence-corrected chi connectivity index (χ3v) is 6.08. The average Bonchev–Trinajstić information content (AvgIpc) is 3.20. The highest BCUT2D eigenvalue weighted by Crippen LogP contribution is 2.28. The van der Waals surface area contributed by atoms with Crippen molar-refractivity contribution < 1.29 is 4.74 Å². The van der Waals surface area contributed by atoms with Crippen molar-refractivity contribution in [2.45, 2.75) is 38.5 Å². The highest BCUT2D eigenvalue weighted by molar-refractivity contribution is 14.0. The fraction of sp³-hybridized carbons (Fsp3) is 0.682. The number of guanidine groups is 1. The number of benzene rings is 1. The molecular weight excluding hydrogens is 463 g/mol. The molecule has 2 aliphatic rings. The van der Waals surface area contributed by atoms with Crippen LogP contribution in [0.1, 0.15) is 44.1 Å². The van der Waals surface area contributed by atoms with Gasteiger partial charge in [0.1, 0.15) is 5.75 Å². The van der Waals surface area contributed by atoms with Crippen LogP contribution in [0.15, 0.2) is 29.3 Å². The van der Waals surface area contributed by atoms with E-state index < -0.39 is 0 Å². The number of methoxy groups -OCH3 is 1. The summed E-state index contributed by atoms with van der Waals surface area (Å²) in [7, 11) is 3.63. The number of hydrogen-bond acceptors (Lipinski definition) is 3. The Morgan fingerprint density at radius 2 is 1.86 bits per heavy atom. The van der Waals surface area contributed by atoms with Gasteiger partial charge in [0.2, 0.25) is 0 Å². The minimum atomic E-state index is 0. The Morgan fingerprint density at radius 1 is 1.14 bits per heavy atom.